The molecule has 8 nitrogen and oxygen atoms in total. The Balaban J connectivity index is 1.10. The van der Waals surface area contributed by atoms with Crippen molar-refractivity contribution in [3.05, 3.63) is 70.4 Å². The minimum atomic E-state index is -0.305. The van der Waals surface area contributed by atoms with Crippen molar-refractivity contribution in [1.82, 2.24) is 29.7 Å². The molecule has 6 rings (SSSR count). The van der Waals surface area contributed by atoms with E-state index >= 15 is 0 Å². The van der Waals surface area contributed by atoms with Crippen LogP contribution in [0.5, 0.6) is 0 Å². The fourth-order valence-corrected chi connectivity index (χ4v) is 5.27. The predicted octanol–water partition coefficient (Wildman–Crippen LogP) is 3.11. The van der Waals surface area contributed by atoms with Gasteiger partial charge in [-0.3, -0.25) is 14.5 Å². The van der Waals surface area contributed by atoms with E-state index < -0.39 is 0 Å². The Labute approximate surface area is 205 Å². The summed E-state index contributed by atoms with van der Waals surface area (Å²) < 4.78 is 13.3. The number of carbonyl (C=O) groups is 2. The summed E-state index contributed by atoms with van der Waals surface area (Å²) in [5, 5.41) is 1.78. The van der Waals surface area contributed by atoms with Crippen LogP contribution in [0.25, 0.3) is 22.4 Å². The highest BCUT2D eigenvalue weighted by molar-refractivity contribution is 7.07. The first kappa shape index (κ1) is 21.9. The number of aromatic amines is 1. The zero-order valence-electron chi connectivity index (χ0n) is 18.9. The van der Waals surface area contributed by atoms with E-state index in [1.807, 2.05) is 21.9 Å². The number of halogens is 1. The van der Waals surface area contributed by atoms with Gasteiger partial charge < -0.3 is 14.8 Å². The molecule has 0 atom stereocenters. The molecule has 2 amide bonds. The topological polar surface area (TPSA) is 85.4 Å². The molecule has 4 heterocycles. The van der Waals surface area contributed by atoms with Gasteiger partial charge in [0.1, 0.15) is 22.9 Å². The van der Waals surface area contributed by atoms with Crippen LogP contribution < -0.4 is 0 Å². The largest absolute Gasteiger partial charge is 0.338 e. The van der Waals surface area contributed by atoms with Gasteiger partial charge in [-0.2, -0.15) is 0 Å². The highest BCUT2D eigenvalue weighted by Crippen LogP contribution is 2.26. The minimum Gasteiger partial charge on any atom is -0.338 e. The van der Waals surface area contributed by atoms with Gasteiger partial charge in [0.2, 0.25) is 0 Å². The van der Waals surface area contributed by atoms with E-state index in [4.69, 9.17) is 0 Å². The Morgan fingerprint density at radius 3 is 2.46 bits per heavy atom. The van der Waals surface area contributed by atoms with E-state index in [1.54, 1.807) is 29.1 Å². The van der Waals surface area contributed by atoms with Gasteiger partial charge in [-0.15, -0.1) is 11.3 Å². The summed E-state index contributed by atoms with van der Waals surface area (Å²) in [6.07, 6.45) is 0. The number of para-hydroxylation sites is 1. The molecule has 2 fully saturated rings. The molecule has 2 aromatic carbocycles. The van der Waals surface area contributed by atoms with Crippen molar-refractivity contribution in [3.8, 4) is 11.4 Å². The number of carbonyl (C=O) groups excluding carboxylic acids is 2. The first-order chi connectivity index (χ1) is 17.1. The first-order valence-electron chi connectivity index (χ1n) is 11.5. The maximum Gasteiger partial charge on any atom is 0.273 e. The Bertz CT molecular complexity index is 1370. The number of benzene rings is 2. The minimum absolute atomic E-state index is 0.0107. The molecule has 0 spiro atoms. The summed E-state index contributed by atoms with van der Waals surface area (Å²) in [5.41, 5.74) is 4.90. The molecular formula is C25H23FN6O2S. The number of nitrogens with one attached hydrogen (secondary N) is 1. The van der Waals surface area contributed by atoms with Crippen LogP contribution in [0.2, 0.25) is 0 Å². The van der Waals surface area contributed by atoms with E-state index in [0.717, 1.165) is 24.2 Å². The summed E-state index contributed by atoms with van der Waals surface area (Å²) >= 11 is 1.43. The van der Waals surface area contributed by atoms with Crippen LogP contribution in [-0.4, -0.2) is 86.8 Å². The lowest BCUT2D eigenvalue weighted by Crippen LogP contribution is -2.64. The molecule has 2 aliphatic heterocycles. The molecule has 35 heavy (non-hydrogen) atoms. The highest BCUT2D eigenvalue weighted by Gasteiger charge is 2.37. The zero-order valence-corrected chi connectivity index (χ0v) is 19.7. The van der Waals surface area contributed by atoms with Crippen LogP contribution in [0.1, 0.15) is 20.8 Å². The molecule has 10 heteroatoms. The van der Waals surface area contributed by atoms with Crippen LogP contribution >= 0.6 is 11.3 Å². The monoisotopic (exact) mass is 490 g/mol. The lowest BCUT2D eigenvalue weighted by atomic mass is 10.0. The zero-order chi connectivity index (χ0) is 23.9. The lowest BCUT2D eigenvalue weighted by molar-refractivity contribution is 0.00853. The predicted molar refractivity (Wildman–Crippen MR) is 131 cm³/mol. The van der Waals surface area contributed by atoms with E-state index in [0.29, 0.717) is 54.8 Å². The normalized spacial score (nSPS) is 17.1. The maximum absolute atomic E-state index is 13.3. The molecule has 4 aromatic rings. The van der Waals surface area contributed by atoms with Crippen molar-refractivity contribution >= 4 is 34.2 Å². The second kappa shape index (κ2) is 8.86. The standard InChI is InChI=1S/C25H23FN6O2S/c26-17-6-4-16(5-7-17)23-28-20-3-1-2-19(22(20)29-23)24(33)32-12-18(13-32)30-8-10-31(11-9-30)25(34)21-14-35-15-27-21/h1-7,14-15,18H,8-13H2,(H,28,29). The van der Waals surface area contributed by atoms with Crippen LogP contribution in [0.4, 0.5) is 4.39 Å². The maximum atomic E-state index is 13.3. The molecule has 0 bridgehead atoms. The van der Waals surface area contributed by atoms with Crippen LogP contribution in [-0.2, 0) is 0 Å². The number of likely N-dealkylation sites (tertiary alicyclic amines) is 1. The van der Waals surface area contributed by atoms with Crippen molar-refractivity contribution < 1.29 is 14.0 Å². The number of hydrogen-bond acceptors (Lipinski definition) is 6. The number of piperazine rings is 1. The molecular weight excluding hydrogens is 467 g/mol. The second-order valence-electron chi connectivity index (χ2n) is 8.86. The van der Waals surface area contributed by atoms with E-state index in [2.05, 4.69) is 19.9 Å². The smallest absolute Gasteiger partial charge is 0.273 e. The molecule has 0 unspecified atom stereocenters. The summed E-state index contributed by atoms with van der Waals surface area (Å²) in [4.78, 5) is 43.8. The van der Waals surface area contributed by atoms with Crippen molar-refractivity contribution in [2.24, 2.45) is 0 Å². The molecule has 2 aromatic heterocycles. The quantitative estimate of drug-likeness (QED) is 0.475. The Hall–Kier alpha value is -3.63. The third-order valence-corrected chi connectivity index (χ3v) is 7.37. The molecule has 178 valence electrons. The van der Waals surface area contributed by atoms with Gasteiger partial charge in [0, 0.05) is 56.3 Å². The molecule has 0 aliphatic carbocycles. The summed E-state index contributed by atoms with van der Waals surface area (Å²) in [7, 11) is 0. The van der Waals surface area contributed by atoms with E-state index in [1.165, 1.54) is 23.5 Å². The van der Waals surface area contributed by atoms with Crippen LogP contribution in [0, 0.1) is 5.82 Å². The second-order valence-corrected chi connectivity index (χ2v) is 9.58. The molecule has 0 saturated carbocycles. The van der Waals surface area contributed by atoms with E-state index in [9.17, 15) is 14.0 Å². The van der Waals surface area contributed by atoms with Crippen molar-refractivity contribution in [3.63, 3.8) is 0 Å². The number of nitrogens with zero attached hydrogens (tertiary/aromatic N) is 5. The van der Waals surface area contributed by atoms with Gasteiger partial charge >= 0.3 is 0 Å². The summed E-state index contributed by atoms with van der Waals surface area (Å²) in [6, 6.07) is 11.9. The summed E-state index contributed by atoms with van der Waals surface area (Å²) in [6.45, 7) is 4.23. The van der Waals surface area contributed by atoms with E-state index in [-0.39, 0.29) is 17.6 Å². The van der Waals surface area contributed by atoms with Gasteiger partial charge in [-0.05, 0) is 36.4 Å². The number of H-pyrrole nitrogens is 1. The van der Waals surface area contributed by atoms with Crippen molar-refractivity contribution in [1.29, 1.82) is 0 Å². The van der Waals surface area contributed by atoms with Gasteiger partial charge in [0.05, 0.1) is 16.6 Å². The molecule has 2 saturated heterocycles. The van der Waals surface area contributed by atoms with Gasteiger partial charge in [-0.25, -0.2) is 14.4 Å². The average Bonchev–Trinajstić information content (AvgIpc) is 3.54. The fourth-order valence-electron chi connectivity index (χ4n) is 4.74. The number of amides is 2. The highest BCUT2D eigenvalue weighted by atomic mass is 32.1. The van der Waals surface area contributed by atoms with Gasteiger partial charge in [0.15, 0.2) is 0 Å². The fraction of sp³-hybridized carbons (Fsp3) is 0.280. The van der Waals surface area contributed by atoms with Crippen molar-refractivity contribution in [2.45, 2.75) is 6.04 Å². The Kier molecular flexibility index (Phi) is 5.54. The van der Waals surface area contributed by atoms with Crippen molar-refractivity contribution in [2.75, 3.05) is 39.3 Å². The number of fused-ring (bicyclic) bond motifs is 1. The number of hydrogen-bond donors (Lipinski definition) is 1. The first-order valence-corrected chi connectivity index (χ1v) is 12.5. The number of imidazole rings is 1. The van der Waals surface area contributed by atoms with Gasteiger partial charge in [0.25, 0.3) is 11.8 Å². The van der Waals surface area contributed by atoms with Crippen LogP contribution in [0.15, 0.2) is 53.4 Å². The van der Waals surface area contributed by atoms with Gasteiger partial charge in [-0.1, -0.05) is 6.07 Å². The summed E-state index contributed by atoms with van der Waals surface area (Å²) in [5.74, 6) is 0.247. The molecule has 0 radical (unpaired) electrons. The molecule has 2 aliphatic rings. The third-order valence-electron chi connectivity index (χ3n) is 6.78. The lowest BCUT2D eigenvalue weighted by Gasteiger charge is -2.48. The number of rotatable bonds is 4. The Morgan fingerprint density at radius 1 is 0.971 bits per heavy atom. The third kappa shape index (κ3) is 4.08. The average molecular weight is 491 g/mol. The number of aromatic nitrogens is 3. The Morgan fingerprint density at radius 2 is 1.74 bits per heavy atom. The molecule has 1 N–H and O–H groups in total. The number of thiazole rings is 1. The van der Waals surface area contributed by atoms with Crippen LogP contribution in [0.3, 0.4) is 0 Å². The SMILES string of the molecule is O=C(c1cscn1)N1CCN(C2CN(C(=O)c3cccc4[nH]c(-c5ccc(F)cc5)nc34)C2)CC1.